The number of nitro groups is 1. The molecule has 0 spiro atoms. The van der Waals surface area contributed by atoms with Crippen LogP contribution in [0, 0.1) is 21.4 Å². The smallest absolute Gasteiger partial charge is 0.287 e. The van der Waals surface area contributed by atoms with Crippen molar-refractivity contribution in [3.8, 4) is 11.8 Å². The quantitative estimate of drug-likeness (QED) is 0.579. The molecule has 1 aliphatic rings. The van der Waals surface area contributed by atoms with E-state index in [1.807, 2.05) is 12.1 Å². The highest BCUT2D eigenvalue weighted by Crippen LogP contribution is 2.20. The maximum Gasteiger partial charge on any atom is 0.287 e. The van der Waals surface area contributed by atoms with E-state index >= 15 is 0 Å². The van der Waals surface area contributed by atoms with Gasteiger partial charge < -0.3 is 4.74 Å². The minimum Gasteiger partial charge on any atom is -0.489 e. The zero-order valence-corrected chi connectivity index (χ0v) is 9.95. The second-order valence-corrected chi connectivity index (χ2v) is 3.82. The van der Waals surface area contributed by atoms with Crippen LogP contribution in [0.3, 0.4) is 0 Å². The molecule has 1 aliphatic heterocycles. The van der Waals surface area contributed by atoms with Gasteiger partial charge in [-0.25, -0.2) is 0 Å². The summed E-state index contributed by atoms with van der Waals surface area (Å²) in [4.78, 5) is 9.66. The van der Waals surface area contributed by atoms with E-state index in [2.05, 4.69) is 12.1 Å². The number of benzene rings is 2. The summed E-state index contributed by atoms with van der Waals surface area (Å²) in [7, 11) is 0. The summed E-state index contributed by atoms with van der Waals surface area (Å²) in [5.74, 6) is 1.00. The lowest BCUT2D eigenvalue weighted by Gasteiger charge is -1.90. The van der Waals surface area contributed by atoms with E-state index in [0.717, 1.165) is 12.4 Å². The molecular weight excluding hydrogens is 244 g/mol. The topological polar surface area (TPSA) is 76.2 Å². The predicted molar refractivity (Wildman–Crippen MR) is 68.6 cm³/mol. The van der Waals surface area contributed by atoms with Gasteiger partial charge in [0.25, 0.3) is 5.69 Å². The van der Waals surface area contributed by atoms with Crippen LogP contribution in [0.4, 0.5) is 5.69 Å². The molecule has 0 saturated heterocycles. The summed E-state index contributed by atoms with van der Waals surface area (Å²) in [5.41, 5.74) is 1.23. The average molecular weight is 254 g/mol. The third-order valence-corrected chi connectivity index (χ3v) is 2.53. The van der Waals surface area contributed by atoms with Crippen LogP contribution in [0.15, 0.2) is 48.5 Å². The number of ether oxygens (including phenoxy) is 1. The van der Waals surface area contributed by atoms with Crippen LogP contribution < -0.4 is 4.74 Å². The van der Waals surface area contributed by atoms with E-state index in [9.17, 15) is 10.1 Å². The number of hydrogen-bond donors (Lipinski definition) is 0. The van der Waals surface area contributed by atoms with E-state index in [0.29, 0.717) is 0 Å². The SMILES string of the molecule is N#Cc1ccccc1[N+](=O)[O-].c1cc2cc(c1)OC2. The molecule has 5 heteroatoms. The molecule has 19 heavy (non-hydrogen) atoms. The van der Waals surface area contributed by atoms with Gasteiger partial charge in [0, 0.05) is 6.07 Å². The number of fused-ring (bicyclic) bond motifs is 2. The van der Waals surface area contributed by atoms with E-state index in [1.54, 1.807) is 12.1 Å². The van der Waals surface area contributed by atoms with E-state index < -0.39 is 4.92 Å². The Balaban J connectivity index is 0.000000146. The molecule has 94 valence electrons. The molecule has 2 aromatic rings. The Morgan fingerprint density at radius 2 is 2.00 bits per heavy atom. The number of nitriles is 1. The van der Waals surface area contributed by atoms with Crippen LogP contribution >= 0.6 is 0 Å². The van der Waals surface area contributed by atoms with Gasteiger partial charge in [-0.05, 0) is 23.8 Å². The molecule has 2 bridgehead atoms. The first-order valence-corrected chi connectivity index (χ1v) is 5.56. The highest BCUT2D eigenvalue weighted by atomic mass is 16.6. The molecular formula is C14H10N2O3. The van der Waals surface area contributed by atoms with Crippen LogP contribution in [0.2, 0.25) is 0 Å². The van der Waals surface area contributed by atoms with E-state index in [4.69, 9.17) is 10.00 Å². The third-order valence-electron chi connectivity index (χ3n) is 2.53. The number of rotatable bonds is 1. The van der Waals surface area contributed by atoms with E-state index in [1.165, 1.54) is 23.8 Å². The minimum atomic E-state index is -0.571. The highest BCUT2D eigenvalue weighted by molar-refractivity contribution is 5.47. The lowest BCUT2D eigenvalue weighted by atomic mass is 10.2. The Hall–Kier alpha value is -2.87. The Bertz CT molecular complexity index is 628. The standard InChI is InChI=1S/C7H4N2O2.C7H6O/c8-5-6-3-1-2-4-7(6)9(10)11;1-2-6-4-7(3-1)8-5-6/h1-4H;1-4H,5H2. The highest BCUT2D eigenvalue weighted by Gasteiger charge is 2.10. The molecule has 0 atom stereocenters. The van der Waals surface area contributed by atoms with Crippen LogP contribution in [-0.4, -0.2) is 4.92 Å². The molecule has 0 unspecified atom stereocenters. The molecule has 5 nitrogen and oxygen atoms in total. The van der Waals surface area contributed by atoms with Gasteiger partial charge in [-0.2, -0.15) is 5.26 Å². The molecule has 0 amide bonds. The summed E-state index contributed by atoms with van der Waals surface area (Å²) in [6, 6.07) is 15.7. The fraction of sp³-hybridized carbons (Fsp3) is 0.0714. The van der Waals surface area contributed by atoms with Crippen molar-refractivity contribution in [1.29, 1.82) is 5.26 Å². The van der Waals surface area contributed by atoms with Crippen molar-refractivity contribution in [3.63, 3.8) is 0 Å². The second kappa shape index (κ2) is 5.65. The zero-order valence-electron chi connectivity index (χ0n) is 9.95. The van der Waals surface area contributed by atoms with Gasteiger partial charge in [-0.15, -0.1) is 0 Å². The van der Waals surface area contributed by atoms with Gasteiger partial charge >= 0.3 is 0 Å². The molecule has 2 aromatic carbocycles. The summed E-state index contributed by atoms with van der Waals surface area (Å²) in [5, 5.41) is 18.6. The van der Waals surface area contributed by atoms with Crippen molar-refractivity contribution in [1.82, 2.24) is 0 Å². The van der Waals surface area contributed by atoms with Crippen molar-refractivity contribution in [2.24, 2.45) is 0 Å². The molecule has 1 heterocycles. The Morgan fingerprint density at radius 3 is 2.58 bits per heavy atom. The molecule has 0 N–H and O–H groups in total. The first kappa shape index (κ1) is 12.6. The number of hydrogen-bond acceptors (Lipinski definition) is 4. The van der Waals surface area contributed by atoms with Crippen molar-refractivity contribution >= 4 is 5.69 Å². The first-order valence-electron chi connectivity index (χ1n) is 5.56. The van der Waals surface area contributed by atoms with Crippen molar-refractivity contribution in [2.45, 2.75) is 6.61 Å². The molecule has 0 aromatic heterocycles. The van der Waals surface area contributed by atoms with Gasteiger partial charge in [0.1, 0.15) is 24.0 Å². The lowest BCUT2D eigenvalue weighted by Crippen LogP contribution is -1.90. The number of nitrogens with zero attached hydrogens (tertiary/aromatic N) is 2. The summed E-state index contributed by atoms with van der Waals surface area (Å²) >= 11 is 0. The largest absolute Gasteiger partial charge is 0.489 e. The maximum atomic E-state index is 10.2. The van der Waals surface area contributed by atoms with Crippen LogP contribution in [-0.2, 0) is 6.61 Å². The molecule has 0 saturated carbocycles. The molecule has 0 aliphatic carbocycles. The monoisotopic (exact) mass is 254 g/mol. The second-order valence-electron chi connectivity index (χ2n) is 3.82. The summed E-state index contributed by atoms with van der Waals surface area (Å²) in [6.07, 6.45) is 0. The Kier molecular flexibility index (Phi) is 3.74. The van der Waals surface area contributed by atoms with Gasteiger partial charge in [0.05, 0.1) is 4.92 Å². The zero-order chi connectivity index (χ0) is 13.7. The molecule has 3 rings (SSSR count). The van der Waals surface area contributed by atoms with Crippen LogP contribution in [0.5, 0.6) is 5.75 Å². The fourth-order valence-electron chi connectivity index (χ4n) is 1.62. The molecule has 0 fully saturated rings. The van der Waals surface area contributed by atoms with Gasteiger partial charge in [-0.3, -0.25) is 10.1 Å². The van der Waals surface area contributed by atoms with Gasteiger partial charge in [-0.1, -0.05) is 24.3 Å². The van der Waals surface area contributed by atoms with Gasteiger partial charge in [0.15, 0.2) is 0 Å². The normalized spacial score (nSPS) is 10.7. The number of nitro benzene ring substituents is 1. The Morgan fingerprint density at radius 1 is 1.21 bits per heavy atom. The predicted octanol–water partition coefficient (Wildman–Crippen LogP) is 3.05. The number of para-hydroxylation sites is 1. The minimum absolute atomic E-state index is 0.0949. The third kappa shape index (κ3) is 3.07. The Labute approximate surface area is 109 Å². The van der Waals surface area contributed by atoms with Crippen molar-refractivity contribution in [3.05, 3.63) is 69.8 Å². The maximum absolute atomic E-state index is 10.2. The van der Waals surface area contributed by atoms with Crippen molar-refractivity contribution < 1.29 is 9.66 Å². The van der Waals surface area contributed by atoms with E-state index in [-0.39, 0.29) is 11.3 Å². The average Bonchev–Trinajstić information content (AvgIpc) is 2.78. The first-order chi connectivity index (χ1) is 9.20. The van der Waals surface area contributed by atoms with Crippen LogP contribution in [0.1, 0.15) is 11.1 Å². The van der Waals surface area contributed by atoms with Gasteiger partial charge in [0.2, 0.25) is 0 Å². The van der Waals surface area contributed by atoms with Crippen molar-refractivity contribution in [2.75, 3.05) is 0 Å². The summed E-state index contributed by atoms with van der Waals surface area (Å²) < 4.78 is 5.18. The van der Waals surface area contributed by atoms with Crippen LogP contribution in [0.25, 0.3) is 0 Å². The lowest BCUT2D eigenvalue weighted by molar-refractivity contribution is -0.385. The fourth-order valence-corrected chi connectivity index (χ4v) is 1.62. The molecule has 0 radical (unpaired) electrons. The summed E-state index contributed by atoms with van der Waals surface area (Å²) in [6.45, 7) is 0.766.